The number of fused-ring (bicyclic) bond motifs is 3. The number of carbonyl (C=O) groups is 2. The van der Waals surface area contributed by atoms with Crippen LogP contribution >= 0.6 is 23.2 Å². The maximum absolute atomic E-state index is 13.8. The average molecular weight is 610 g/mol. The van der Waals surface area contributed by atoms with Crippen LogP contribution in [-0.2, 0) is 6.61 Å². The molecular weight excluding hydrogens is 581 g/mol. The zero-order chi connectivity index (χ0) is 30.5. The van der Waals surface area contributed by atoms with Crippen LogP contribution in [0.25, 0.3) is 28.1 Å². The van der Waals surface area contributed by atoms with Crippen LogP contribution in [0.1, 0.15) is 47.3 Å². The Morgan fingerprint density at radius 2 is 1.69 bits per heavy atom. The fraction of sp³-hybridized carbons (Fsp3) is 0.267. The fourth-order valence-corrected chi connectivity index (χ4v) is 5.16. The molecule has 2 amide bonds. The number of halogens is 2. The van der Waals surface area contributed by atoms with E-state index in [2.05, 4.69) is 4.98 Å². The number of methoxy groups -OCH3 is 2. The number of pyridine rings is 1. The first kappa shape index (κ1) is 29.2. The number of hydrogen-bond donors (Lipinski definition) is 1. The maximum Gasteiger partial charge on any atom is 0.274 e. The van der Waals surface area contributed by atoms with Gasteiger partial charge in [0.05, 0.1) is 25.6 Å². The Morgan fingerprint density at radius 3 is 2.29 bits per heavy atom. The molecule has 0 unspecified atom stereocenters. The highest BCUT2D eigenvalue weighted by atomic mass is 35.5. The highest BCUT2D eigenvalue weighted by Crippen LogP contribution is 2.46. The summed E-state index contributed by atoms with van der Waals surface area (Å²) in [6.07, 6.45) is 0. The lowest BCUT2D eigenvalue weighted by Gasteiger charge is -2.31. The van der Waals surface area contributed by atoms with Crippen LogP contribution < -0.4 is 19.9 Å². The van der Waals surface area contributed by atoms with Crippen LogP contribution in [0.3, 0.4) is 0 Å². The van der Waals surface area contributed by atoms with Crippen molar-refractivity contribution in [1.29, 1.82) is 0 Å². The van der Waals surface area contributed by atoms with Gasteiger partial charge in [-0.15, -0.1) is 0 Å². The van der Waals surface area contributed by atoms with Gasteiger partial charge in [-0.05, 0) is 56.7 Å². The molecule has 0 aliphatic carbocycles. The molecule has 0 fully saturated rings. The van der Waals surface area contributed by atoms with Crippen LogP contribution in [-0.4, -0.2) is 58.3 Å². The van der Waals surface area contributed by atoms with Crippen molar-refractivity contribution in [2.45, 2.75) is 32.9 Å². The minimum absolute atomic E-state index is 0.0257. The van der Waals surface area contributed by atoms with E-state index in [1.54, 1.807) is 53.0 Å². The zero-order valence-electron chi connectivity index (χ0n) is 23.9. The van der Waals surface area contributed by atoms with Crippen LogP contribution in [0.15, 0.2) is 42.5 Å². The first-order valence-corrected chi connectivity index (χ1v) is 13.7. The molecule has 42 heavy (non-hydrogen) atoms. The lowest BCUT2D eigenvalue weighted by Crippen LogP contribution is -2.43. The summed E-state index contributed by atoms with van der Waals surface area (Å²) in [6.45, 7) is 5.92. The second-order valence-corrected chi connectivity index (χ2v) is 11.6. The quantitative estimate of drug-likeness (QED) is 0.294. The van der Waals surface area contributed by atoms with Gasteiger partial charge in [-0.2, -0.15) is 5.10 Å². The Balaban J connectivity index is 1.81. The molecule has 2 N–H and O–H groups in total. The Labute approximate surface area is 252 Å². The maximum atomic E-state index is 13.8. The summed E-state index contributed by atoms with van der Waals surface area (Å²) in [5.41, 5.74) is 8.94. The van der Waals surface area contributed by atoms with Crippen molar-refractivity contribution in [2.75, 3.05) is 21.3 Å². The van der Waals surface area contributed by atoms with E-state index >= 15 is 0 Å². The molecular formula is C30H29Cl2N5O5. The van der Waals surface area contributed by atoms with Gasteiger partial charge in [0.1, 0.15) is 23.8 Å². The summed E-state index contributed by atoms with van der Waals surface area (Å²) in [7, 11) is 4.71. The molecule has 5 rings (SSSR count). The average Bonchev–Trinajstić information content (AvgIpc) is 3.34. The van der Waals surface area contributed by atoms with E-state index in [4.69, 9.17) is 48.2 Å². The zero-order valence-corrected chi connectivity index (χ0v) is 25.4. The predicted octanol–water partition coefficient (Wildman–Crippen LogP) is 5.79. The molecule has 0 bridgehead atoms. The number of nitrogens with two attached hydrogens (primary N) is 1. The van der Waals surface area contributed by atoms with Crippen molar-refractivity contribution < 1.29 is 23.8 Å². The Hall–Kier alpha value is -4.28. The SMILES string of the molecule is COc1cc(-c2cc3c(cc2OC)OCc2c(C(=O)N(C)C(C)(C)C)nn(-c4cc(Cl)cc(Cl)c4)c2-3)cc(C(N)=O)n1. The van der Waals surface area contributed by atoms with Crippen molar-refractivity contribution in [3.63, 3.8) is 0 Å². The van der Waals surface area contributed by atoms with E-state index in [0.717, 1.165) is 0 Å². The number of aromatic nitrogens is 3. The van der Waals surface area contributed by atoms with Gasteiger partial charge in [-0.1, -0.05) is 23.2 Å². The minimum atomic E-state index is -0.709. The Bertz CT molecular complexity index is 1720. The molecule has 12 heteroatoms. The summed E-state index contributed by atoms with van der Waals surface area (Å²) in [4.78, 5) is 31.6. The summed E-state index contributed by atoms with van der Waals surface area (Å²) in [5, 5.41) is 5.61. The first-order chi connectivity index (χ1) is 19.8. The highest BCUT2D eigenvalue weighted by molar-refractivity contribution is 6.34. The molecule has 10 nitrogen and oxygen atoms in total. The summed E-state index contributed by atoms with van der Waals surface area (Å²) in [5.74, 6) is 0.212. The van der Waals surface area contributed by atoms with Crippen molar-refractivity contribution in [3.8, 4) is 45.5 Å². The number of ether oxygens (including phenoxy) is 3. The van der Waals surface area contributed by atoms with Crippen LogP contribution in [0.2, 0.25) is 10.0 Å². The summed E-state index contributed by atoms with van der Waals surface area (Å²) < 4.78 is 18.9. The van der Waals surface area contributed by atoms with E-state index in [9.17, 15) is 9.59 Å². The van der Waals surface area contributed by atoms with E-state index < -0.39 is 11.4 Å². The molecule has 2 aromatic carbocycles. The number of hydrogen-bond acceptors (Lipinski definition) is 7. The van der Waals surface area contributed by atoms with Crippen LogP contribution in [0.5, 0.6) is 17.4 Å². The lowest BCUT2D eigenvalue weighted by atomic mass is 9.95. The van der Waals surface area contributed by atoms with E-state index in [1.807, 2.05) is 26.8 Å². The second kappa shape index (κ2) is 10.8. The van der Waals surface area contributed by atoms with Gasteiger partial charge in [0, 0.05) is 51.5 Å². The summed E-state index contributed by atoms with van der Waals surface area (Å²) in [6, 6.07) is 11.9. The number of carbonyl (C=O) groups excluding carboxylic acids is 2. The smallest absolute Gasteiger partial charge is 0.274 e. The molecule has 0 saturated carbocycles. The molecule has 0 spiro atoms. The van der Waals surface area contributed by atoms with Crippen LogP contribution in [0.4, 0.5) is 0 Å². The topological polar surface area (TPSA) is 122 Å². The number of nitrogens with zero attached hydrogens (tertiary/aromatic N) is 4. The second-order valence-electron chi connectivity index (χ2n) is 10.7. The van der Waals surface area contributed by atoms with Gasteiger partial charge < -0.3 is 24.8 Å². The Kier molecular flexibility index (Phi) is 7.55. The Morgan fingerprint density at radius 1 is 1.00 bits per heavy atom. The minimum Gasteiger partial charge on any atom is -0.496 e. The molecule has 1 aliphatic heterocycles. The lowest BCUT2D eigenvalue weighted by molar-refractivity contribution is 0.0646. The number of benzene rings is 2. The van der Waals surface area contributed by atoms with Crippen LogP contribution in [0, 0.1) is 0 Å². The summed E-state index contributed by atoms with van der Waals surface area (Å²) >= 11 is 12.8. The highest BCUT2D eigenvalue weighted by Gasteiger charge is 2.35. The third kappa shape index (κ3) is 5.23. The number of primary amides is 1. The van der Waals surface area contributed by atoms with Gasteiger partial charge in [-0.25, -0.2) is 9.67 Å². The first-order valence-electron chi connectivity index (χ1n) is 12.9. The van der Waals surface area contributed by atoms with E-state index in [-0.39, 0.29) is 29.8 Å². The number of amides is 2. The molecule has 0 radical (unpaired) electrons. The molecule has 2 aromatic heterocycles. The molecule has 0 saturated heterocycles. The van der Waals surface area contributed by atoms with E-state index in [0.29, 0.717) is 55.2 Å². The third-order valence-corrected chi connectivity index (χ3v) is 7.53. The van der Waals surface area contributed by atoms with Crippen molar-refractivity contribution in [3.05, 3.63) is 69.5 Å². The molecule has 3 heterocycles. The van der Waals surface area contributed by atoms with Gasteiger partial charge >= 0.3 is 0 Å². The molecule has 1 aliphatic rings. The molecule has 4 aromatic rings. The van der Waals surface area contributed by atoms with Gasteiger partial charge in [-0.3, -0.25) is 9.59 Å². The fourth-order valence-electron chi connectivity index (χ4n) is 4.65. The normalized spacial score (nSPS) is 12.2. The van der Waals surface area contributed by atoms with Gasteiger partial charge in [0.15, 0.2) is 5.69 Å². The van der Waals surface area contributed by atoms with Gasteiger partial charge in [0.25, 0.3) is 11.8 Å². The number of rotatable bonds is 6. The third-order valence-electron chi connectivity index (χ3n) is 7.09. The molecule has 0 atom stereocenters. The standard InChI is InChI=1S/C30H29Cl2N5O5/c1-30(2,3)36(4)29(39)26-21-14-42-24-13-23(40-5)19(15-7-22(28(33)38)34-25(8-15)41-6)12-20(24)27(21)37(35-26)18-10-16(31)9-17(32)11-18/h7-13H,14H2,1-6H3,(H2,33,38). The van der Waals surface area contributed by atoms with Crippen molar-refractivity contribution >= 4 is 35.0 Å². The van der Waals surface area contributed by atoms with Crippen molar-refractivity contribution in [2.24, 2.45) is 5.73 Å². The largest absolute Gasteiger partial charge is 0.496 e. The van der Waals surface area contributed by atoms with Gasteiger partial charge in [0.2, 0.25) is 5.88 Å². The molecule has 218 valence electrons. The van der Waals surface area contributed by atoms with E-state index in [1.165, 1.54) is 14.2 Å². The predicted molar refractivity (Wildman–Crippen MR) is 160 cm³/mol. The monoisotopic (exact) mass is 609 g/mol. The van der Waals surface area contributed by atoms with Crippen molar-refractivity contribution in [1.82, 2.24) is 19.7 Å².